The van der Waals surface area contributed by atoms with Gasteiger partial charge in [0, 0.05) is 11.3 Å². The molecule has 0 radical (unpaired) electrons. The molecule has 2 aromatic rings. The number of carbonyl (C=O) groups excluding carboxylic acids is 2. The number of ketones is 1. The van der Waals surface area contributed by atoms with E-state index in [9.17, 15) is 9.59 Å². The number of hydrogen-bond acceptors (Lipinski definition) is 4. The largest absolute Gasteiger partial charge is 0.325 e. The zero-order valence-corrected chi connectivity index (χ0v) is 13.5. The molecule has 1 amide bonds. The number of rotatable bonds is 6. The number of benzene rings is 2. The molecule has 0 saturated heterocycles. The van der Waals surface area contributed by atoms with E-state index in [4.69, 9.17) is 5.26 Å². The molecule has 0 saturated carbocycles. The third-order valence-electron chi connectivity index (χ3n) is 3.14. The predicted molar refractivity (Wildman–Crippen MR) is 92.4 cm³/mol. The normalized spacial score (nSPS) is 9.91. The topological polar surface area (TPSA) is 70.0 Å². The maximum atomic E-state index is 12.0. The Labute approximate surface area is 139 Å². The number of nitrogens with zero attached hydrogens (tertiary/aromatic N) is 1. The van der Waals surface area contributed by atoms with Gasteiger partial charge in [0.25, 0.3) is 0 Å². The molecule has 23 heavy (non-hydrogen) atoms. The quantitative estimate of drug-likeness (QED) is 0.824. The van der Waals surface area contributed by atoms with Gasteiger partial charge in [-0.2, -0.15) is 5.26 Å². The van der Waals surface area contributed by atoms with Crippen molar-refractivity contribution in [3.05, 3.63) is 65.2 Å². The number of anilines is 1. The number of nitriles is 1. The number of hydrogen-bond donors (Lipinski definition) is 1. The highest BCUT2D eigenvalue weighted by Gasteiger charge is 2.09. The molecule has 0 aromatic heterocycles. The third kappa shape index (κ3) is 4.97. The molecule has 0 fully saturated rings. The molecule has 2 aromatic carbocycles. The number of Topliss-reactive ketones (excluding diaryl/α,β-unsaturated/α-hetero) is 1. The van der Waals surface area contributed by atoms with E-state index in [0.717, 1.165) is 5.56 Å². The minimum atomic E-state index is -0.153. The van der Waals surface area contributed by atoms with Gasteiger partial charge in [-0.25, -0.2) is 0 Å². The molecule has 116 valence electrons. The average molecular weight is 324 g/mol. The molecule has 0 aliphatic carbocycles. The number of carbonyl (C=O) groups is 2. The molecule has 1 N–H and O–H groups in total. The molecule has 4 nitrogen and oxygen atoms in total. The van der Waals surface area contributed by atoms with Gasteiger partial charge in [-0.3, -0.25) is 9.59 Å². The Kier molecular flexibility index (Phi) is 5.95. The van der Waals surface area contributed by atoms with Crippen LogP contribution in [0.1, 0.15) is 28.4 Å². The summed E-state index contributed by atoms with van der Waals surface area (Å²) in [5.41, 5.74) is 2.67. The maximum absolute atomic E-state index is 12.0. The van der Waals surface area contributed by atoms with Crippen molar-refractivity contribution in [2.45, 2.75) is 12.7 Å². The first-order chi connectivity index (χ1) is 11.1. The summed E-state index contributed by atoms with van der Waals surface area (Å²) in [4.78, 5) is 23.5. The van der Waals surface area contributed by atoms with E-state index in [0.29, 0.717) is 22.6 Å². The van der Waals surface area contributed by atoms with Crippen molar-refractivity contribution in [3.63, 3.8) is 0 Å². The summed E-state index contributed by atoms with van der Waals surface area (Å²) in [6, 6.07) is 16.4. The van der Waals surface area contributed by atoms with Crippen molar-refractivity contribution >= 4 is 29.1 Å². The van der Waals surface area contributed by atoms with Crippen LogP contribution in [-0.4, -0.2) is 17.4 Å². The fourth-order valence-corrected chi connectivity index (χ4v) is 2.85. The fraction of sp³-hybridized carbons (Fsp3) is 0.167. The van der Waals surface area contributed by atoms with E-state index in [1.54, 1.807) is 30.3 Å². The molecule has 0 aliphatic rings. The first-order valence-corrected chi connectivity index (χ1v) is 8.22. The summed E-state index contributed by atoms with van der Waals surface area (Å²) < 4.78 is 0. The van der Waals surface area contributed by atoms with Crippen LogP contribution in [0.5, 0.6) is 0 Å². The van der Waals surface area contributed by atoms with Gasteiger partial charge >= 0.3 is 0 Å². The lowest BCUT2D eigenvalue weighted by Crippen LogP contribution is -2.16. The van der Waals surface area contributed by atoms with Gasteiger partial charge in [0.05, 0.1) is 23.1 Å². The van der Waals surface area contributed by atoms with Crippen molar-refractivity contribution in [1.29, 1.82) is 5.26 Å². The van der Waals surface area contributed by atoms with Crippen molar-refractivity contribution in [2.75, 3.05) is 11.1 Å². The Bertz CT molecular complexity index is 766. The molecule has 0 aliphatic heterocycles. The minimum absolute atomic E-state index is 0.0816. The van der Waals surface area contributed by atoms with E-state index in [2.05, 4.69) is 11.4 Å². The molecular formula is C18H16N2O2S. The van der Waals surface area contributed by atoms with Crippen LogP contribution in [0, 0.1) is 11.3 Å². The molecule has 0 spiro atoms. The second-order valence-electron chi connectivity index (χ2n) is 4.95. The number of para-hydroxylation sites is 1. The second kappa shape index (κ2) is 8.16. The lowest BCUT2D eigenvalue weighted by Gasteiger charge is -2.09. The second-order valence-corrected chi connectivity index (χ2v) is 5.94. The predicted octanol–water partition coefficient (Wildman–Crippen LogP) is 3.63. The Hall–Kier alpha value is -2.58. The molecular weight excluding hydrogens is 308 g/mol. The van der Waals surface area contributed by atoms with Gasteiger partial charge in [0.1, 0.15) is 0 Å². The molecule has 0 bridgehead atoms. The van der Waals surface area contributed by atoms with Crippen LogP contribution in [-0.2, 0) is 10.5 Å². The highest BCUT2D eigenvalue weighted by molar-refractivity contribution is 7.99. The lowest BCUT2D eigenvalue weighted by atomic mass is 10.1. The summed E-state index contributed by atoms with van der Waals surface area (Å²) in [6.45, 7) is 1.47. The average Bonchev–Trinajstić information content (AvgIpc) is 2.55. The summed E-state index contributed by atoms with van der Waals surface area (Å²) in [6.07, 6.45) is 0. The first-order valence-electron chi connectivity index (χ1n) is 7.07. The van der Waals surface area contributed by atoms with Gasteiger partial charge in [0.15, 0.2) is 5.78 Å². The Morgan fingerprint density at radius 2 is 1.96 bits per heavy atom. The van der Waals surface area contributed by atoms with E-state index in [1.165, 1.54) is 18.7 Å². The van der Waals surface area contributed by atoms with Crippen molar-refractivity contribution < 1.29 is 9.59 Å². The molecule has 0 heterocycles. The van der Waals surface area contributed by atoms with Crippen LogP contribution in [0.15, 0.2) is 48.5 Å². The van der Waals surface area contributed by atoms with E-state index < -0.39 is 0 Å². The van der Waals surface area contributed by atoms with Gasteiger partial charge in [-0.1, -0.05) is 24.3 Å². The lowest BCUT2D eigenvalue weighted by molar-refractivity contribution is -0.113. The summed E-state index contributed by atoms with van der Waals surface area (Å²) in [5.74, 6) is 0.697. The van der Waals surface area contributed by atoms with Crippen molar-refractivity contribution in [3.8, 4) is 6.07 Å². The SMILES string of the molecule is CC(=O)c1ccccc1NC(=O)CSCc1cccc(C#N)c1. The van der Waals surface area contributed by atoms with Crippen LogP contribution in [0.2, 0.25) is 0 Å². The molecule has 5 heteroatoms. The number of thioether (sulfide) groups is 1. The van der Waals surface area contributed by atoms with E-state index in [1.807, 2.05) is 18.2 Å². The van der Waals surface area contributed by atoms with Crippen LogP contribution in [0.3, 0.4) is 0 Å². The maximum Gasteiger partial charge on any atom is 0.234 e. The highest BCUT2D eigenvalue weighted by atomic mass is 32.2. The molecule has 0 unspecified atom stereocenters. The van der Waals surface area contributed by atoms with Gasteiger partial charge < -0.3 is 5.32 Å². The molecule has 0 atom stereocenters. The van der Waals surface area contributed by atoms with Crippen LogP contribution < -0.4 is 5.32 Å². The summed E-state index contributed by atoms with van der Waals surface area (Å²) in [7, 11) is 0. The van der Waals surface area contributed by atoms with Crippen LogP contribution in [0.4, 0.5) is 5.69 Å². The number of amides is 1. The number of nitrogens with one attached hydrogen (secondary N) is 1. The Morgan fingerprint density at radius 1 is 1.17 bits per heavy atom. The van der Waals surface area contributed by atoms with E-state index >= 15 is 0 Å². The van der Waals surface area contributed by atoms with Gasteiger partial charge in [0.2, 0.25) is 5.91 Å². The van der Waals surface area contributed by atoms with Crippen LogP contribution >= 0.6 is 11.8 Å². The van der Waals surface area contributed by atoms with Crippen molar-refractivity contribution in [2.24, 2.45) is 0 Å². The zero-order valence-electron chi connectivity index (χ0n) is 12.7. The van der Waals surface area contributed by atoms with Crippen molar-refractivity contribution in [1.82, 2.24) is 0 Å². The minimum Gasteiger partial charge on any atom is -0.325 e. The Balaban J connectivity index is 1.88. The van der Waals surface area contributed by atoms with Crippen LogP contribution in [0.25, 0.3) is 0 Å². The highest BCUT2D eigenvalue weighted by Crippen LogP contribution is 2.17. The molecule has 2 rings (SSSR count). The first kappa shape index (κ1) is 16.8. The summed E-state index contributed by atoms with van der Waals surface area (Å²) in [5, 5.41) is 11.6. The summed E-state index contributed by atoms with van der Waals surface area (Å²) >= 11 is 1.46. The van der Waals surface area contributed by atoms with E-state index in [-0.39, 0.29) is 17.4 Å². The smallest absolute Gasteiger partial charge is 0.234 e. The van der Waals surface area contributed by atoms with Gasteiger partial charge in [-0.05, 0) is 36.8 Å². The monoisotopic (exact) mass is 324 g/mol. The Morgan fingerprint density at radius 3 is 2.70 bits per heavy atom. The van der Waals surface area contributed by atoms with Gasteiger partial charge in [-0.15, -0.1) is 11.8 Å². The third-order valence-corrected chi connectivity index (χ3v) is 4.14. The zero-order chi connectivity index (χ0) is 16.7. The standard InChI is InChI=1S/C18H16N2O2S/c1-13(21)16-7-2-3-8-17(16)20-18(22)12-23-11-15-6-4-5-14(9-15)10-19/h2-9H,11-12H2,1H3,(H,20,22). The fourth-order valence-electron chi connectivity index (χ4n) is 2.08.